The van der Waals surface area contributed by atoms with Crippen molar-refractivity contribution < 1.29 is 28.9 Å². The smallest absolute Gasteiger partial charge is 0.251 e. The van der Waals surface area contributed by atoms with Crippen molar-refractivity contribution in [3.8, 4) is 0 Å². The molecule has 2 fully saturated rings. The molecule has 2 amide bonds. The first-order valence-electron chi connectivity index (χ1n) is 8.14. The summed E-state index contributed by atoms with van der Waals surface area (Å²) in [5.41, 5.74) is 0.474. The van der Waals surface area contributed by atoms with Gasteiger partial charge in [-0.2, -0.15) is 0 Å². The minimum atomic E-state index is -0.808. The lowest BCUT2D eigenvalue weighted by atomic mass is 10.1. The Morgan fingerprint density at radius 2 is 1.84 bits per heavy atom. The first-order chi connectivity index (χ1) is 11.9. The molecule has 0 spiro atoms. The number of aliphatic hydroxyl groups is 1. The highest BCUT2D eigenvalue weighted by molar-refractivity contribution is 5.96. The lowest BCUT2D eigenvalue weighted by Crippen LogP contribution is -2.47. The number of carbonyl (C=O) groups is 2. The molecule has 0 unspecified atom stereocenters. The van der Waals surface area contributed by atoms with Crippen LogP contribution < -0.4 is 10.6 Å². The van der Waals surface area contributed by atoms with Crippen LogP contribution in [0.5, 0.6) is 0 Å². The number of aliphatic hydroxyl groups excluding tert-OH is 1. The van der Waals surface area contributed by atoms with Gasteiger partial charge in [0, 0.05) is 5.56 Å². The summed E-state index contributed by atoms with van der Waals surface area (Å²) in [6, 6.07) is 8.62. The number of hydrogen-bond acceptors (Lipinski definition) is 6. The van der Waals surface area contributed by atoms with Crippen LogP contribution >= 0.6 is 0 Å². The van der Waals surface area contributed by atoms with Gasteiger partial charge in [-0.1, -0.05) is 18.2 Å². The molecule has 2 heterocycles. The second kappa shape index (κ2) is 7.09. The molecule has 0 aromatic heterocycles. The number of carbonyl (C=O) groups excluding carboxylic acids is 2. The van der Waals surface area contributed by atoms with Crippen molar-refractivity contribution in [2.75, 3.05) is 13.2 Å². The van der Waals surface area contributed by atoms with Crippen LogP contribution in [0.1, 0.15) is 24.2 Å². The Morgan fingerprint density at radius 1 is 1.16 bits per heavy atom. The average Bonchev–Trinajstić information content (AvgIpc) is 3.07. The summed E-state index contributed by atoms with van der Waals surface area (Å²) >= 11 is 0. The van der Waals surface area contributed by atoms with Gasteiger partial charge in [-0.05, 0) is 26.0 Å². The van der Waals surface area contributed by atoms with Gasteiger partial charge in [0.15, 0.2) is 12.0 Å². The van der Waals surface area contributed by atoms with E-state index in [9.17, 15) is 14.7 Å². The Bertz CT molecular complexity index is 635. The number of hydrogen-bond donors (Lipinski definition) is 3. The van der Waals surface area contributed by atoms with Gasteiger partial charge in [-0.15, -0.1) is 0 Å². The minimum absolute atomic E-state index is 0.195. The van der Waals surface area contributed by atoms with Crippen molar-refractivity contribution in [2.24, 2.45) is 0 Å². The molecule has 25 heavy (non-hydrogen) atoms. The average molecular weight is 350 g/mol. The molecule has 2 aliphatic rings. The zero-order valence-electron chi connectivity index (χ0n) is 14.1. The fourth-order valence-electron chi connectivity index (χ4n) is 3.01. The summed E-state index contributed by atoms with van der Waals surface area (Å²) in [5, 5.41) is 14.6. The minimum Gasteiger partial charge on any atom is -0.394 e. The van der Waals surface area contributed by atoms with Gasteiger partial charge < -0.3 is 30.0 Å². The highest BCUT2D eigenvalue weighted by Crippen LogP contribution is 2.37. The molecule has 3 N–H and O–H groups in total. The zero-order valence-corrected chi connectivity index (χ0v) is 14.1. The largest absolute Gasteiger partial charge is 0.394 e. The number of benzene rings is 1. The molecule has 2 saturated heterocycles. The number of fused-ring (bicyclic) bond motifs is 1. The van der Waals surface area contributed by atoms with Gasteiger partial charge in [-0.25, -0.2) is 0 Å². The molecule has 0 bridgehead atoms. The third kappa shape index (κ3) is 3.98. The van der Waals surface area contributed by atoms with Crippen LogP contribution in [0, 0.1) is 0 Å². The van der Waals surface area contributed by atoms with E-state index in [0.29, 0.717) is 5.56 Å². The molecule has 0 aliphatic carbocycles. The van der Waals surface area contributed by atoms with Crippen LogP contribution in [0.4, 0.5) is 0 Å². The molecule has 0 radical (unpaired) electrons. The van der Waals surface area contributed by atoms with Crippen molar-refractivity contribution in [1.29, 1.82) is 0 Å². The van der Waals surface area contributed by atoms with Gasteiger partial charge in [0.1, 0.15) is 18.3 Å². The molecule has 8 nitrogen and oxygen atoms in total. The fourth-order valence-corrected chi connectivity index (χ4v) is 3.01. The van der Waals surface area contributed by atoms with Crippen molar-refractivity contribution in [2.45, 2.75) is 44.2 Å². The fraction of sp³-hybridized carbons (Fsp3) is 0.529. The second-order valence-electron chi connectivity index (χ2n) is 6.46. The maximum Gasteiger partial charge on any atom is 0.251 e. The molecule has 0 saturated carbocycles. The number of amides is 2. The van der Waals surface area contributed by atoms with Crippen molar-refractivity contribution in [1.82, 2.24) is 10.6 Å². The van der Waals surface area contributed by atoms with Crippen LogP contribution in [0.25, 0.3) is 0 Å². The SMILES string of the molecule is CC1(C)O[C@@H]2[C@H](O1)[C@@H](CO)O[C@H]2NC(=O)CNC(=O)c1ccccc1. The van der Waals surface area contributed by atoms with Gasteiger partial charge in [-0.3, -0.25) is 9.59 Å². The van der Waals surface area contributed by atoms with Gasteiger partial charge in [0.25, 0.3) is 5.91 Å². The highest BCUT2D eigenvalue weighted by atomic mass is 16.8. The lowest BCUT2D eigenvalue weighted by molar-refractivity contribution is -0.194. The van der Waals surface area contributed by atoms with Crippen molar-refractivity contribution in [3.05, 3.63) is 35.9 Å². The van der Waals surface area contributed by atoms with Crippen molar-refractivity contribution >= 4 is 11.8 Å². The van der Waals surface area contributed by atoms with E-state index < -0.39 is 36.2 Å². The zero-order chi connectivity index (χ0) is 18.0. The summed E-state index contributed by atoms with van der Waals surface area (Å²) < 4.78 is 17.1. The molecular formula is C17H22N2O6. The molecule has 8 heteroatoms. The molecule has 3 rings (SSSR count). The third-order valence-corrected chi connectivity index (χ3v) is 4.08. The standard InChI is InChI=1S/C17H22N2O6/c1-17(2)24-13-11(9-20)23-16(14(13)25-17)19-12(21)8-18-15(22)10-6-4-3-5-7-10/h3-7,11,13-14,16,20H,8-9H2,1-2H3,(H,18,22)(H,19,21)/t11-,13-,14-,16-/m1/s1. The van der Waals surface area contributed by atoms with Crippen LogP contribution in [-0.4, -0.2) is 60.4 Å². The summed E-state index contributed by atoms with van der Waals surface area (Å²) in [4.78, 5) is 24.1. The van der Waals surface area contributed by atoms with E-state index >= 15 is 0 Å². The Hall–Kier alpha value is -2.00. The van der Waals surface area contributed by atoms with E-state index in [4.69, 9.17) is 14.2 Å². The van der Waals surface area contributed by atoms with E-state index in [-0.39, 0.29) is 19.1 Å². The predicted molar refractivity (Wildman–Crippen MR) is 86.5 cm³/mol. The third-order valence-electron chi connectivity index (χ3n) is 4.08. The van der Waals surface area contributed by atoms with E-state index in [1.165, 1.54) is 0 Å². The Labute approximate surface area is 145 Å². The quantitative estimate of drug-likeness (QED) is 0.677. The van der Waals surface area contributed by atoms with E-state index in [1.54, 1.807) is 44.2 Å². The van der Waals surface area contributed by atoms with Crippen molar-refractivity contribution in [3.63, 3.8) is 0 Å². The molecule has 1 aromatic carbocycles. The predicted octanol–water partition coefficient (Wildman–Crippen LogP) is -0.230. The normalized spacial score (nSPS) is 29.9. The van der Waals surface area contributed by atoms with Crippen LogP contribution in [0.15, 0.2) is 30.3 Å². The van der Waals surface area contributed by atoms with Crippen LogP contribution in [0.2, 0.25) is 0 Å². The molecule has 136 valence electrons. The van der Waals surface area contributed by atoms with Gasteiger partial charge >= 0.3 is 0 Å². The van der Waals surface area contributed by atoms with Gasteiger partial charge in [0.05, 0.1) is 13.2 Å². The summed E-state index contributed by atoms with van der Waals surface area (Å²) in [5.74, 6) is -1.56. The monoisotopic (exact) mass is 350 g/mol. The molecule has 1 aromatic rings. The Morgan fingerprint density at radius 3 is 2.52 bits per heavy atom. The number of nitrogens with one attached hydrogen (secondary N) is 2. The topological polar surface area (TPSA) is 106 Å². The first-order valence-corrected chi connectivity index (χ1v) is 8.14. The van der Waals surface area contributed by atoms with Gasteiger partial charge in [0.2, 0.25) is 5.91 Å². The molecular weight excluding hydrogens is 328 g/mol. The summed E-state index contributed by atoms with van der Waals surface area (Å²) in [6.07, 6.45) is -2.29. The first kappa shape index (κ1) is 17.8. The summed E-state index contributed by atoms with van der Waals surface area (Å²) in [6.45, 7) is 3.09. The summed E-state index contributed by atoms with van der Waals surface area (Å²) in [7, 11) is 0. The molecule has 4 atom stereocenters. The Balaban J connectivity index is 1.53. The lowest BCUT2D eigenvalue weighted by Gasteiger charge is -2.24. The van der Waals surface area contributed by atoms with E-state index in [0.717, 1.165) is 0 Å². The highest BCUT2D eigenvalue weighted by Gasteiger charge is 2.55. The van der Waals surface area contributed by atoms with E-state index in [2.05, 4.69) is 10.6 Å². The second-order valence-corrected chi connectivity index (χ2v) is 6.46. The number of rotatable bonds is 5. The molecule has 2 aliphatic heterocycles. The van der Waals surface area contributed by atoms with Crippen LogP contribution in [-0.2, 0) is 19.0 Å². The van der Waals surface area contributed by atoms with E-state index in [1.807, 2.05) is 0 Å². The van der Waals surface area contributed by atoms with Crippen LogP contribution in [0.3, 0.4) is 0 Å². The Kier molecular flexibility index (Phi) is 5.05. The maximum atomic E-state index is 12.1. The number of ether oxygens (including phenoxy) is 3. The maximum absolute atomic E-state index is 12.1.